The van der Waals surface area contributed by atoms with Crippen molar-refractivity contribution in [2.75, 3.05) is 13.2 Å². The molecule has 2 amide bonds. The molecular weight excluding hydrogens is 452 g/mol. The Hall–Kier alpha value is -3.02. The summed E-state index contributed by atoms with van der Waals surface area (Å²) in [4.78, 5) is 28.7. The van der Waals surface area contributed by atoms with Crippen LogP contribution in [-0.4, -0.2) is 42.0 Å². The average Bonchev–Trinajstić information content (AvgIpc) is 3.38. The third kappa shape index (κ3) is 7.49. The molecule has 2 aromatic rings. The van der Waals surface area contributed by atoms with Gasteiger partial charge in [-0.3, -0.25) is 9.59 Å². The van der Waals surface area contributed by atoms with E-state index in [0.717, 1.165) is 42.4 Å². The van der Waals surface area contributed by atoms with Crippen molar-refractivity contribution >= 4 is 11.8 Å². The summed E-state index contributed by atoms with van der Waals surface area (Å²) in [5, 5.41) is 3.22. The zero-order valence-electron chi connectivity index (χ0n) is 22.3. The van der Waals surface area contributed by atoms with Crippen molar-refractivity contribution < 1.29 is 19.1 Å². The van der Waals surface area contributed by atoms with Gasteiger partial charge in [0.2, 0.25) is 11.8 Å². The molecule has 0 heterocycles. The Labute approximate surface area is 216 Å². The van der Waals surface area contributed by atoms with Gasteiger partial charge in [-0.2, -0.15) is 0 Å². The maximum absolute atomic E-state index is 13.6. The lowest BCUT2D eigenvalue weighted by molar-refractivity contribution is -0.141. The van der Waals surface area contributed by atoms with Crippen LogP contribution in [0.1, 0.15) is 76.0 Å². The number of aryl methyl sites for hydroxylation is 2. The van der Waals surface area contributed by atoms with Gasteiger partial charge in [0, 0.05) is 19.0 Å². The van der Waals surface area contributed by atoms with E-state index < -0.39 is 6.04 Å². The zero-order chi connectivity index (χ0) is 25.9. The zero-order valence-corrected chi connectivity index (χ0v) is 22.3. The fourth-order valence-corrected chi connectivity index (χ4v) is 4.90. The van der Waals surface area contributed by atoms with Crippen molar-refractivity contribution in [1.29, 1.82) is 0 Å². The number of carbonyl (C=O) groups is 2. The van der Waals surface area contributed by atoms with Crippen LogP contribution in [0, 0.1) is 6.92 Å². The second-order valence-electron chi connectivity index (χ2n) is 9.51. The Morgan fingerprint density at radius 2 is 1.69 bits per heavy atom. The molecule has 36 heavy (non-hydrogen) atoms. The van der Waals surface area contributed by atoms with Gasteiger partial charge < -0.3 is 19.7 Å². The van der Waals surface area contributed by atoms with Crippen molar-refractivity contribution in [1.82, 2.24) is 10.2 Å². The highest BCUT2D eigenvalue weighted by Gasteiger charge is 2.30. The van der Waals surface area contributed by atoms with Crippen molar-refractivity contribution in [3.8, 4) is 11.5 Å². The summed E-state index contributed by atoms with van der Waals surface area (Å²) in [5.74, 6) is 1.36. The number of nitrogens with one attached hydrogen (secondary N) is 1. The van der Waals surface area contributed by atoms with Crippen LogP contribution in [0.4, 0.5) is 0 Å². The van der Waals surface area contributed by atoms with Gasteiger partial charge in [-0.25, -0.2) is 0 Å². The number of carbonyl (C=O) groups excluding carboxylic acids is 2. The number of amides is 2. The van der Waals surface area contributed by atoms with Crippen LogP contribution in [0.2, 0.25) is 0 Å². The Bertz CT molecular complexity index is 1000. The highest BCUT2D eigenvalue weighted by molar-refractivity contribution is 5.88. The molecular formula is C30H42N2O4. The van der Waals surface area contributed by atoms with E-state index in [1.165, 1.54) is 0 Å². The molecule has 1 aliphatic rings. The maximum Gasteiger partial charge on any atom is 0.243 e. The summed E-state index contributed by atoms with van der Waals surface area (Å²) in [7, 11) is 0. The number of benzene rings is 2. The molecule has 196 valence electrons. The molecule has 1 saturated carbocycles. The maximum atomic E-state index is 13.6. The van der Waals surface area contributed by atoms with Crippen molar-refractivity contribution in [2.45, 2.75) is 91.3 Å². The highest BCUT2D eigenvalue weighted by Crippen LogP contribution is 2.29. The van der Waals surface area contributed by atoms with Gasteiger partial charge in [-0.1, -0.05) is 50.1 Å². The first kappa shape index (κ1) is 27.6. The lowest BCUT2D eigenvalue weighted by Crippen LogP contribution is -2.51. The van der Waals surface area contributed by atoms with E-state index in [2.05, 4.69) is 5.32 Å². The fourth-order valence-electron chi connectivity index (χ4n) is 4.90. The molecule has 1 fully saturated rings. The second-order valence-corrected chi connectivity index (χ2v) is 9.51. The molecule has 0 unspecified atom stereocenters. The van der Waals surface area contributed by atoms with E-state index in [1.54, 1.807) is 4.90 Å². The van der Waals surface area contributed by atoms with E-state index in [0.29, 0.717) is 50.5 Å². The molecule has 2 aromatic carbocycles. The monoisotopic (exact) mass is 494 g/mol. The second kappa shape index (κ2) is 13.9. The minimum atomic E-state index is -0.489. The van der Waals surface area contributed by atoms with Gasteiger partial charge in [0.05, 0.1) is 13.2 Å². The van der Waals surface area contributed by atoms with E-state index in [1.807, 2.05) is 70.2 Å². The molecule has 0 bridgehead atoms. The van der Waals surface area contributed by atoms with Crippen LogP contribution >= 0.6 is 0 Å². The summed E-state index contributed by atoms with van der Waals surface area (Å²) in [6, 6.07) is 13.7. The Kier molecular flexibility index (Phi) is 10.6. The SMILES string of the molecule is CCOc1ccc(CCC(=O)N(Cc2ccccc2C)[C@H](CC)C(=O)NC2CCCC2)cc1OCC. The Balaban J connectivity index is 1.77. The predicted molar refractivity (Wildman–Crippen MR) is 143 cm³/mol. The molecule has 0 radical (unpaired) electrons. The van der Waals surface area contributed by atoms with Crippen LogP contribution in [0.25, 0.3) is 0 Å². The number of rotatable bonds is 13. The summed E-state index contributed by atoms with van der Waals surface area (Å²) >= 11 is 0. The molecule has 0 aromatic heterocycles. The molecule has 3 rings (SSSR count). The highest BCUT2D eigenvalue weighted by atomic mass is 16.5. The third-order valence-corrected chi connectivity index (χ3v) is 6.92. The molecule has 0 saturated heterocycles. The first-order valence-corrected chi connectivity index (χ1v) is 13.5. The fraction of sp³-hybridized carbons (Fsp3) is 0.533. The van der Waals surface area contributed by atoms with Crippen LogP contribution in [0.15, 0.2) is 42.5 Å². The van der Waals surface area contributed by atoms with Crippen LogP contribution in [0.3, 0.4) is 0 Å². The minimum absolute atomic E-state index is 0.0153. The quantitative estimate of drug-likeness (QED) is 0.394. The first-order valence-electron chi connectivity index (χ1n) is 13.5. The van der Waals surface area contributed by atoms with Gasteiger partial charge in [0.15, 0.2) is 11.5 Å². The molecule has 6 nitrogen and oxygen atoms in total. The normalized spacial score (nSPS) is 14.3. The molecule has 1 N–H and O–H groups in total. The lowest BCUT2D eigenvalue weighted by Gasteiger charge is -2.32. The van der Waals surface area contributed by atoms with Crippen molar-refractivity contribution in [2.24, 2.45) is 0 Å². The van der Waals surface area contributed by atoms with E-state index in [9.17, 15) is 9.59 Å². The Morgan fingerprint density at radius 3 is 2.36 bits per heavy atom. The van der Waals surface area contributed by atoms with E-state index >= 15 is 0 Å². The van der Waals surface area contributed by atoms with Crippen molar-refractivity contribution in [3.05, 3.63) is 59.2 Å². The molecule has 0 aliphatic heterocycles. The number of hydrogen-bond donors (Lipinski definition) is 1. The number of ether oxygens (including phenoxy) is 2. The molecule has 1 aliphatic carbocycles. The van der Waals surface area contributed by atoms with Gasteiger partial charge in [-0.05, 0) is 75.3 Å². The number of nitrogens with zero attached hydrogens (tertiary/aromatic N) is 1. The summed E-state index contributed by atoms with van der Waals surface area (Å²) in [5.41, 5.74) is 3.20. The largest absolute Gasteiger partial charge is 0.490 e. The van der Waals surface area contributed by atoms with E-state index in [4.69, 9.17) is 9.47 Å². The van der Waals surface area contributed by atoms with Crippen LogP contribution in [0.5, 0.6) is 11.5 Å². The predicted octanol–water partition coefficient (Wildman–Crippen LogP) is 5.59. The number of hydrogen-bond acceptors (Lipinski definition) is 4. The summed E-state index contributed by atoms with van der Waals surface area (Å²) in [6.45, 7) is 9.45. The topological polar surface area (TPSA) is 67.9 Å². The Morgan fingerprint density at radius 1 is 1.00 bits per heavy atom. The van der Waals surface area contributed by atoms with Crippen LogP contribution < -0.4 is 14.8 Å². The van der Waals surface area contributed by atoms with Gasteiger partial charge >= 0.3 is 0 Å². The smallest absolute Gasteiger partial charge is 0.243 e. The first-order chi connectivity index (χ1) is 17.5. The minimum Gasteiger partial charge on any atom is -0.490 e. The average molecular weight is 495 g/mol. The molecule has 1 atom stereocenters. The van der Waals surface area contributed by atoms with Gasteiger partial charge in [0.1, 0.15) is 6.04 Å². The van der Waals surface area contributed by atoms with Gasteiger partial charge in [0.25, 0.3) is 0 Å². The van der Waals surface area contributed by atoms with Gasteiger partial charge in [-0.15, -0.1) is 0 Å². The summed E-state index contributed by atoms with van der Waals surface area (Å²) < 4.78 is 11.4. The summed E-state index contributed by atoms with van der Waals surface area (Å²) in [6.07, 6.45) is 5.81. The van der Waals surface area contributed by atoms with E-state index in [-0.39, 0.29) is 17.9 Å². The lowest BCUT2D eigenvalue weighted by atomic mass is 10.0. The van der Waals surface area contributed by atoms with Crippen LogP contribution in [-0.2, 0) is 22.6 Å². The molecule has 0 spiro atoms. The molecule has 6 heteroatoms. The van der Waals surface area contributed by atoms with Crippen molar-refractivity contribution in [3.63, 3.8) is 0 Å². The standard InChI is InChI=1S/C30H42N2O4/c1-5-26(30(34)31-25-14-10-11-15-25)32(21-24-13-9-8-12-22(24)4)29(33)19-17-23-16-18-27(35-6-2)28(20-23)36-7-3/h8-9,12-13,16,18,20,25-26H,5-7,10-11,14-15,17,19,21H2,1-4H3,(H,31,34)/t26-/m1/s1. The third-order valence-electron chi connectivity index (χ3n) is 6.92.